The van der Waals surface area contributed by atoms with Crippen LogP contribution >= 0.6 is 0 Å². The van der Waals surface area contributed by atoms with Crippen LogP contribution < -0.4 is 0 Å². The standard InChI is InChI=1S/C14H28.CH3.U/c1-4-5-9-12(2)13(3)14-10-7-6-8-11-14;;/h12-14H,4-11H2,1-3H3;1H3;/q;-1;. The maximum Gasteiger partial charge on any atom is 0 e. The van der Waals surface area contributed by atoms with Crippen LogP contribution in [0.4, 0.5) is 0 Å². The smallest absolute Gasteiger partial charge is 0 e. The van der Waals surface area contributed by atoms with Crippen molar-refractivity contribution in [2.24, 2.45) is 17.8 Å². The van der Waals surface area contributed by atoms with E-state index in [9.17, 15) is 0 Å². The largest absolute Gasteiger partial charge is 0.358 e. The second-order valence-electron chi connectivity index (χ2n) is 5.38. The summed E-state index contributed by atoms with van der Waals surface area (Å²) in [5, 5.41) is 0. The van der Waals surface area contributed by atoms with Gasteiger partial charge in [0.15, 0.2) is 0 Å². The maximum atomic E-state index is 2.50. The van der Waals surface area contributed by atoms with E-state index in [0.717, 1.165) is 17.8 Å². The molecule has 0 aliphatic heterocycles. The van der Waals surface area contributed by atoms with Crippen molar-refractivity contribution in [1.82, 2.24) is 0 Å². The zero-order valence-electron chi connectivity index (χ0n) is 11.9. The molecule has 96 valence electrons. The number of unbranched alkanes of at least 4 members (excludes halogenated alkanes) is 1. The van der Waals surface area contributed by atoms with Crippen LogP contribution in [0.5, 0.6) is 0 Å². The van der Waals surface area contributed by atoms with Gasteiger partial charge in [-0.15, -0.1) is 0 Å². The average Bonchev–Trinajstić information content (AvgIpc) is 2.26. The van der Waals surface area contributed by atoms with Crippen LogP contribution in [-0.2, 0) is 0 Å². The quantitative estimate of drug-likeness (QED) is 0.488. The Morgan fingerprint density at radius 2 is 1.62 bits per heavy atom. The maximum absolute atomic E-state index is 2.50. The summed E-state index contributed by atoms with van der Waals surface area (Å²) in [6.45, 7) is 7.27. The van der Waals surface area contributed by atoms with E-state index in [1.54, 1.807) is 0 Å². The van der Waals surface area contributed by atoms with Crippen molar-refractivity contribution >= 4 is 0 Å². The van der Waals surface area contributed by atoms with E-state index in [1.165, 1.54) is 51.4 Å². The van der Waals surface area contributed by atoms with Crippen molar-refractivity contribution < 1.29 is 31.1 Å². The SMILES string of the molecule is CCCCC(C)C(C)C1CCCCC1.[CH3-].[U]. The van der Waals surface area contributed by atoms with Crippen LogP contribution in [0, 0.1) is 56.3 Å². The Hall–Kier alpha value is 1.05. The summed E-state index contributed by atoms with van der Waals surface area (Å²) >= 11 is 0. The molecule has 1 saturated carbocycles. The minimum Gasteiger partial charge on any atom is -0.358 e. The van der Waals surface area contributed by atoms with Gasteiger partial charge in [-0.3, -0.25) is 0 Å². The first kappa shape index (κ1) is 19.4. The monoisotopic (exact) mass is 449 g/mol. The third kappa shape index (κ3) is 6.71. The van der Waals surface area contributed by atoms with Crippen molar-refractivity contribution in [3.05, 3.63) is 7.43 Å². The molecule has 1 fully saturated rings. The first-order valence-electron chi connectivity index (χ1n) is 6.75. The van der Waals surface area contributed by atoms with Crippen LogP contribution in [-0.4, -0.2) is 0 Å². The molecule has 1 aliphatic rings. The van der Waals surface area contributed by atoms with E-state index in [-0.39, 0.29) is 38.5 Å². The zero-order valence-corrected chi connectivity index (χ0v) is 16.1. The predicted octanol–water partition coefficient (Wildman–Crippen LogP) is 5.48. The fraction of sp³-hybridized carbons (Fsp3) is 0.933. The Balaban J connectivity index is 0. The second kappa shape index (κ2) is 11.2. The van der Waals surface area contributed by atoms with Gasteiger partial charge in [0.05, 0.1) is 0 Å². The van der Waals surface area contributed by atoms with Gasteiger partial charge in [-0.1, -0.05) is 72.1 Å². The van der Waals surface area contributed by atoms with Crippen molar-refractivity contribution in [2.45, 2.75) is 72.1 Å². The third-order valence-electron chi connectivity index (χ3n) is 4.30. The minimum atomic E-state index is 0. The molecule has 1 rings (SSSR count). The third-order valence-corrected chi connectivity index (χ3v) is 4.30. The fourth-order valence-corrected chi connectivity index (χ4v) is 2.91. The average molecular weight is 449 g/mol. The summed E-state index contributed by atoms with van der Waals surface area (Å²) in [5.74, 6) is 2.98. The van der Waals surface area contributed by atoms with E-state index in [2.05, 4.69) is 20.8 Å². The number of rotatable bonds is 5. The van der Waals surface area contributed by atoms with Gasteiger partial charge in [0, 0.05) is 31.1 Å². The van der Waals surface area contributed by atoms with Gasteiger partial charge in [-0.25, -0.2) is 0 Å². The molecule has 0 amide bonds. The van der Waals surface area contributed by atoms with E-state index in [1.807, 2.05) is 0 Å². The first-order valence-corrected chi connectivity index (χ1v) is 6.75. The van der Waals surface area contributed by atoms with Crippen LogP contribution in [0.25, 0.3) is 0 Å². The van der Waals surface area contributed by atoms with Crippen LogP contribution in [0.1, 0.15) is 72.1 Å². The molecule has 0 saturated heterocycles. The Morgan fingerprint density at radius 1 is 1.06 bits per heavy atom. The van der Waals surface area contributed by atoms with Crippen LogP contribution in [0.3, 0.4) is 0 Å². The molecular weight excluding hydrogens is 418 g/mol. The van der Waals surface area contributed by atoms with Gasteiger partial charge in [-0.05, 0) is 17.8 Å². The summed E-state index contributed by atoms with van der Waals surface area (Å²) in [4.78, 5) is 0. The Morgan fingerprint density at radius 3 is 2.12 bits per heavy atom. The van der Waals surface area contributed by atoms with Gasteiger partial charge in [-0.2, -0.15) is 0 Å². The van der Waals surface area contributed by atoms with E-state index >= 15 is 0 Å². The van der Waals surface area contributed by atoms with Gasteiger partial charge >= 0.3 is 0 Å². The van der Waals surface area contributed by atoms with Crippen molar-refractivity contribution in [1.29, 1.82) is 0 Å². The normalized spacial score (nSPS) is 20.4. The van der Waals surface area contributed by atoms with Gasteiger partial charge in [0.2, 0.25) is 0 Å². The van der Waals surface area contributed by atoms with Crippen molar-refractivity contribution in [3.63, 3.8) is 0 Å². The van der Waals surface area contributed by atoms with Gasteiger partial charge in [0.1, 0.15) is 0 Å². The van der Waals surface area contributed by atoms with Crippen LogP contribution in [0.15, 0.2) is 0 Å². The Kier molecular flexibility index (Phi) is 13.5. The molecule has 16 heavy (non-hydrogen) atoms. The van der Waals surface area contributed by atoms with E-state index in [0.29, 0.717) is 0 Å². The molecule has 0 aromatic rings. The topological polar surface area (TPSA) is 0 Å². The van der Waals surface area contributed by atoms with Crippen molar-refractivity contribution in [2.75, 3.05) is 0 Å². The Bertz CT molecular complexity index is 138. The molecule has 2 atom stereocenters. The predicted molar refractivity (Wildman–Crippen MR) is 70.8 cm³/mol. The molecule has 0 nitrogen and oxygen atoms in total. The zero-order chi connectivity index (χ0) is 10.4. The van der Waals surface area contributed by atoms with Gasteiger partial charge in [0.25, 0.3) is 0 Å². The van der Waals surface area contributed by atoms with Gasteiger partial charge < -0.3 is 7.43 Å². The molecule has 0 aromatic heterocycles. The summed E-state index contributed by atoms with van der Waals surface area (Å²) in [7, 11) is 0. The summed E-state index contributed by atoms with van der Waals surface area (Å²) in [5.41, 5.74) is 0. The molecule has 0 radical (unpaired) electrons. The molecule has 0 aromatic carbocycles. The first-order chi connectivity index (χ1) is 6.75. The fourth-order valence-electron chi connectivity index (χ4n) is 2.91. The summed E-state index contributed by atoms with van der Waals surface area (Å²) < 4.78 is 0. The van der Waals surface area contributed by atoms with E-state index < -0.39 is 0 Å². The van der Waals surface area contributed by atoms with E-state index in [4.69, 9.17) is 0 Å². The summed E-state index contributed by atoms with van der Waals surface area (Å²) in [6.07, 6.45) is 11.8. The molecule has 0 bridgehead atoms. The minimum absolute atomic E-state index is 0. The molecule has 0 N–H and O–H groups in total. The molecule has 1 aliphatic carbocycles. The molecule has 1 heteroatoms. The van der Waals surface area contributed by atoms with Crippen LogP contribution in [0.2, 0.25) is 0 Å². The summed E-state index contributed by atoms with van der Waals surface area (Å²) in [6, 6.07) is 0. The molecular formula is C15H31U-. The Labute approximate surface area is 128 Å². The number of hydrogen-bond donors (Lipinski definition) is 0. The second-order valence-corrected chi connectivity index (χ2v) is 5.38. The van der Waals surface area contributed by atoms with Crippen molar-refractivity contribution in [3.8, 4) is 0 Å². The molecule has 2 unspecified atom stereocenters. The molecule has 0 heterocycles. The number of hydrogen-bond acceptors (Lipinski definition) is 0. The molecule has 0 spiro atoms.